The van der Waals surface area contributed by atoms with Crippen LogP contribution in [0.15, 0.2) is 0 Å². The number of unbranched alkanes of at least 4 members (excludes halogenated alkanes) is 10. The third-order valence-corrected chi connectivity index (χ3v) is 17.2. The van der Waals surface area contributed by atoms with Crippen LogP contribution in [-0.4, -0.2) is 6.61 Å². The maximum absolute atomic E-state index is 5.83. The summed E-state index contributed by atoms with van der Waals surface area (Å²) in [5, 5.41) is 0. The van der Waals surface area contributed by atoms with Crippen molar-refractivity contribution in [3.63, 3.8) is 0 Å². The van der Waals surface area contributed by atoms with Crippen LogP contribution in [0, 0.1) is 5.92 Å². The van der Waals surface area contributed by atoms with Crippen molar-refractivity contribution < 1.29 is 4.18 Å². The van der Waals surface area contributed by atoms with Crippen LogP contribution in [0.1, 0.15) is 104 Å². The van der Waals surface area contributed by atoms with E-state index in [4.69, 9.17) is 48.9 Å². The second-order valence-electron chi connectivity index (χ2n) is 6.91. The Morgan fingerprint density at radius 3 is 1.64 bits per heavy atom. The average molecular weight is 463 g/mol. The van der Waals surface area contributed by atoms with Crippen molar-refractivity contribution in [1.29, 1.82) is 0 Å². The Balaban J connectivity index is 3.85. The van der Waals surface area contributed by atoms with E-state index in [1.807, 2.05) is 0 Å². The first kappa shape index (κ1) is 26.5. The fraction of sp³-hybridized carbons (Fsp3) is 1.00. The van der Waals surface area contributed by atoms with E-state index in [2.05, 4.69) is 13.8 Å². The third kappa shape index (κ3) is 16.2. The molecule has 0 heterocycles. The Hall–Kier alpha value is 1.54. The third-order valence-electron chi connectivity index (χ3n) is 4.57. The van der Waals surface area contributed by atoms with Gasteiger partial charge in [0.05, 0.1) is 13.1 Å². The Morgan fingerprint density at radius 2 is 1.16 bits per heavy atom. The van der Waals surface area contributed by atoms with Crippen LogP contribution >= 0.6 is 0 Å². The van der Waals surface area contributed by atoms with Crippen LogP contribution in [0.4, 0.5) is 0 Å². The molecule has 7 heteroatoms. The molecule has 0 aromatic heterocycles. The molecule has 0 rings (SSSR count). The maximum atomic E-state index is 5.83. The molecule has 1 atom stereocenters. The molecule has 0 N–H and O–H groups in total. The Labute approximate surface area is 177 Å². The molecule has 0 aliphatic rings. The summed E-state index contributed by atoms with van der Waals surface area (Å²) < 4.78 is 5.83. The van der Waals surface area contributed by atoms with Crippen molar-refractivity contribution in [3.8, 4) is 0 Å². The van der Waals surface area contributed by atoms with E-state index in [-0.39, 0.29) is 0 Å². The number of hydrogen-bond donors (Lipinski definition) is 1. The zero-order chi connectivity index (χ0) is 19.0. The van der Waals surface area contributed by atoms with Gasteiger partial charge in [0.1, 0.15) is 0 Å². The first-order valence-electron chi connectivity index (χ1n) is 9.98. The van der Waals surface area contributed by atoms with Crippen molar-refractivity contribution in [2.45, 2.75) is 104 Å². The SMILES string of the molecule is CCCCCCCCCCCCC(CCCC)COS(=S)(=S)[SH](=S)=S. The first-order valence-corrected chi connectivity index (χ1v) is 17.4. The lowest BCUT2D eigenvalue weighted by Crippen LogP contribution is -2.13. The quantitative estimate of drug-likeness (QED) is 0.145. The van der Waals surface area contributed by atoms with E-state index < -0.39 is 13.5 Å². The molecule has 0 bridgehead atoms. The van der Waals surface area contributed by atoms with E-state index in [0.29, 0.717) is 12.5 Å². The summed E-state index contributed by atoms with van der Waals surface area (Å²) in [6.07, 6.45) is 18.7. The van der Waals surface area contributed by atoms with Crippen molar-refractivity contribution in [2.75, 3.05) is 6.61 Å². The molecule has 0 fully saturated rings. The summed E-state index contributed by atoms with van der Waals surface area (Å²) in [5.41, 5.74) is 0. The molecule has 0 aromatic carbocycles. The Bertz CT molecular complexity index is 462. The maximum Gasteiger partial charge on any atom is 0.0754 e. The summed E-state index contributed by atoms with van der Waals surface area (Å²) in [6.45, 7) is 3.17. The lowest BCUT2D eigenvalue weighted by molar-refractivity contribution is 0.255. The predicted octanol–water partition coefficient (Wildman–Crippen LogP) is 6.30. The largest absolute Gasteiger partial charge is 0.301 e. The highest BCUT2D eigenvalue weighted by molar-refractivity contribution is 9.03. The number of hydrogen-bond acceptors (Lipinski definition) is 5. The summed E-state index contributed by atoms with van der Waals surface area (Å²) in [5.74, 6) is 0.576. The average Bonchev–Trinajstić information content (AvgIpc) is 2.58. The highest BCUT2D eigenvalue weighted by Gasteiger charge is 2.11. The molecule has 0 aliphatic heterocycles. The standard InChI is InChI=1S/C18H38OS6/c1-3-5-7-8-9-10-11-12-13-14-16-18(15-6-4-2)17-19-25(22,23)24(20)21/h18,24H,3-17H2,1-2H3. The zero-order valence-electron chi connectivity index (χ0n) is 16.1. The van der Waals surface area contributed by atoms with Crippen molar-refractivity contribution in [1.82, 2.24) is 0 Å². The van der Waals surface area contributed by atoms with Crippen LogP contribution in [0.5, 0.6) is 0 Å². The van der Waals surface area contributed by atoms with Gasteiger partial charge in [0, 0.05) is 0 Å². The molecule has 0 saturated carbocycles. The molecule has 0 saturated heterocycles. The van der Waals surface area contributed by atoms with Crippen molar-refractivity contribution in [3.05, 3.63) is 0 Å². The minimum Gasteiger partial charge on any atom is -0.301 e. The first-order chi connectivity index (χ1) is 11.9. The van der Waals surface area contributed by atoms with Gasteiger partial charge in [-0.05, 0) is 70.6 Å². The molecular formula is C18H38OS6. The van der Waals surface area contributed by atoms with Gasteiger partial charge >= 0.3 is 0 Å². The fourth-order valence-corrected chi connectivity index (χ4v) is 4.95. The zero-order valence-corrected chi connectivity index (χ0v) is 21.1. The number of thiol groups is 1. The molecule has 1 unspecified atom stereocenters. The molecule has 0 aromatic rings. The Kier molecular flexibility index (Phi) is 18.7. The molecule has 152 valence electrons. The van der Waals surface area contributed by atoms with Gasteiger partial charge in [0.2, 0.25) is 0 Å². The summed E-state index contributed by atoms with van der Waals surface area (Å²) >= 11 is 20.9. The van der Waals surface area contributed by atoms with E-state index in [1.165, 1.54) is 89.9 Å². The van der Waals surface area contributed by atoms with E-state index in [1.54, 1.807) is 0 Å². The van der Waals surface area contributed by atoms with Crippen molar-refractivity contribution >= 4 is 58.3 Å². The van der Waals surface area contributed by atoms with Gasteiger partial charge in [-0.1, -0.05) is 90.9 Å². The minimum atomic E-state index is -2.01. The molecular weight excluding hydrogens is 425 g/mol. The van der Waals surface area contributed by atoms with Crippen molar-refractivity contribution in [2.24, 2.45) is 5.92 Å². The second kappa shape index (κ2) is 17.6. The van der Waals surface area contributed by atoms with Gasteiger partial charge < -0.3 is 4.18 Å². The van der Waals surface area contributed by atoms with Gasteiger partial charge in [-0.3, -0.25) is 0 Å². The summed E-state index contributed by atoms with van der Waals surface area (Å²) in [4.78, 5) is 0. The fourth-order valence-electron chi connectivity index (χ4n) is 2.95. The van der Waals surface area contributed by atoms with Gasteiger partial charge in [0.25, 0.3) is 0 Å². The minimum absolute atomic E-state index is 0.576. The second-order valence-corrected chi connectivity index (χ2v) is 20.3. The number of rotatable bonds is 18. The molecule has 1 nitrogen and oxygen atoms in total. The highest BCUT2D eigenvalue weighted by atomic mass is 33.7. The van der Waals surface area contributed by atoms with E-state index >= 15 is 0 Å². The molecule has 25 heavy (non-hydrogen) atoms. The predicted molar refractivity (Wildman–Crippen MR) is 131 cm³/mol. The van der Waals surface area contributed by atoms with Gasteiger partial charge in [-0.25, -0.2) is 0 Å². The van der Waals surface area contributed by atoms with Gasteiger partial charge in [-0.15, -0.1) is 0 Å². The Morgan fingerprint density at radius 1 is 0.720 bits per heavy atom. The van der Waals surface area contributed by atoms with Crippen LogP contribution in [0.2, 0.25) is 0 Å². The topological polar surface area (TPSA) is 9.23 Å². The van der Waals surface area contributed by atoms with Gasteiger partial charge in [0.15, 0.2) is 0 Å². The highest BCUT2D eigenvalue weighted by Crippen LogP contribution is 2.20. The lowest BCUT2D eigenvalue weighted by Gasteiger charge is -2.18. The lowest BCUT2D eigenvalue weighted by atomic mass is 9.96. The van der Waals surface area contributed by atoms with E-state index in [9.17, 15) is 0 Å². The normalized spacial score (nSPS) is 13.4. The van der Waals surface area contributed by atoms with Crippen LogP contribution in [-0.2, 0) is 62.4 Å². The van der Waals surface area contributed by atoms with E-state index in [0.717, 1.165) is 0 Å². The summed E-state index contributed by atoms with van der Waals surface area (Å²) in [7, 11) is -1.16. The molecule has 0 amide bonds. The monoisotopic (exact) mass is 462 g/mol. The smallest absolute Gasteiger partial charge is 0.0754 e. The molecule has 0 spiro atoms. The van der Waals surface area contributed by atoms with Crippen LogP contribution in [0.3, 0.4) is 0 Å². The van der Waals surface area contributed by atoms with Crippen LogP contribution in [0.25, 0.3) is 0 Å². The van der Waals surface area contributed by atoms with Crippen LogP contribution < -0.4 is 0 Å². The molecule has 0 radical (unpaired) electrons. The molecule has 0 aliphatic carbocycles. The summed E-state index contributed by atoms with van der Waals surface area (Å²) in [6, 6.07) is 0. The van der Waals surface area contributed by atoms with Gasteiger partial charge in [-0.2, -0.15) is 0 Å².